The van der Waals surface area contributed by atoms with Gasteiger partial charge in [0.05, 0.1) is 0 Å². The predicted molar refractivity (Wildman–Crippen MR) is 134 cm³/mol. The Labute approximate surface area is 190 Å². The lowest BCUT2D eigenvalue weighted by molar-refractivity contribution is 0.304. The Morgan fingerprint density at radius 1 is 0.645 bits per heavy atom. The normalized spacial score (nSPS) is 17.9. The van der Waals surface area contributed by atoms with Gasteiger partial charge in [0, 0.05) is 23.1 Å². The van der Waals surface area contributed by atoms with Crippen molar-refractivity contribution in [2.24, 2.45) is 5.92 Å². The Bertz CT molecular complexity index is 885. The second-order valence-electron chi connectivity index (χ2n) is 9.07. The van der Waals surface area contributed by atoms with E-state index < -0.39 is 0 Å². The highest BCUT2D eigenvalue weighted by atomic mass is 14.3. The van der Waals surface area contributed by atoms with Crippen LogP contribution < -0.4 is 0 Å². The van der Waals surface area contributed by atoms with E-state index in [4.69, 9.17) is 0 Å². The molecule has 0 heterocycles. The van der Waals surface area contributed by atoms with Crippen LogP contribution in [0.15, 0.2) is 48.5 Å². The molecule has 0 atom stereocenters. The van der Waals surface area contributed by atoms with Crippen molar-refractivity contribution in [1.82, 2.24) is 0 Å². The average molecular weight is 411 g/mol. The van der Waals surface area contributed by atoms with E-state index in [0.29, 0.717) is 0 Å². The molecule has 1 fully saturated rings. The average Bonchev–Trinajstić information content (AvgIpc) is 2.83. The Kier molecular flexibility index (Phi) is 9.80. The van der Waals surface area contributed by atoms with Gasteiger partial charge in [-0.2, -0.15) is 0 Å². The van der Waals surface area contributed by atoms with E-state index >= 15 is 0 Å². The number of benzene rings is 2. The van der Waals surface area contributed by atoms with Gasteiger partial charge in [0.1, 0.15) is 0 Å². The van der Waals surface area contributed by atoms with Gasteiger partial charge in [0.15, 0.2) is 0 Å². The quantitative estimate of drug-likeness (QED) is 0.317. The van der Waals surface area contributed by atoms with Gasteiger partial charge in [0.2, 0.25) is 0 Å². The first-order valence-electron chi connectivity index (χ1n) is 12.5. The van der Waals surface area contributed by atoms with Gasteiger partial charge in [-0.1, -0.05) is 81.8 Å². The van der Waals surface area contributed by atoms with E-state index in [2.05, 4.69) is 86.1 Å². The first-order chi connectivity index (χ1) is 15.3. The number of hydrogen-bond donors (Lipinski definition) is 0. The molecular weight excluding hydrogens is 372 g/mol. The van der Waals surface area contributed by atoms with E-state index in [0.717, 1.165) is 34.9 Å². The van der Waals surface area contributed by atoms with Crippen LogP contribution in [0.25, 0.3) is 0 Å². The molecule has 1 saturated carbocycles. The zero-order valence-corrected chi connectivity index (χ0v) is 19.6. The van der Waals surface area contributed by atoms with Crippen LogP contribution in [0.5, 0.6) is 0 Å². The summed E-state index contributed by atoms with van der Waals surface area (Å²) in [6.45, 7) is 4.53. The maximum atomic E-state index is 3.32. The van der Waals surface area contributed by atoms with Crippen molar-refractivity contribution in [3.05, 3.63) is 70.8 Å². The van der Waals surface area contributed by atoms with Gasteiger partial charge in [-0.25, -0.2) is 0 Å². The van der Waals surface area contributed by atoms with Crippen LogP contribution in [0.4, 0.5) is 0 Å². The third-order valence-corrected chi connectivity index (χ3v) is 6.57. The highest BCUT2D eigenvalue weighted by molar-refractivity contribution is 5.46. The molecular formula is C31H38. The molecule has 0 aromatic heterocycles. The predicted octanol–water partition coefficient (Wildman–Crippen LogP) is 8.48. The van der Waals surface area contributed by atoms with Crippen LogP contribution in [-0.4, -0.2) is 0 Å². The molecule has 162 valence electrons. The zero-order valence-electron chi connectivity index (χ0n) is 19.6. The van der Waals surface area contributed by atoms with Crippen molar-refractivity contribution >= 4 is 0 Å². The van der Waals surface area contributed by atoms with E-state index in [1.807, 2.05) is 0 Å². The van der Waals surface area contributed by atoms with Gasteiger partial charge in [-0.05, 0) is 85.9 Å². The van der Waals surface area contributed by atoms with Gasteiger partial charge < -0.3 is 0 Å². The summed E-state index contributed by atoms with van der Waals surface area (Å²) in [4.78, 5) is 0. The van der Waals surface area contributed by atoms with Gasteiger partial charge in [-0.15, -0.1) is 0 Å². The molecule has 2 aromatic rings. The topological polar surface area (TPSA) is 0 Å². The highest BCUT2D eigenvalue weighted by Crippen LogP contribution is 2.37. The summed E-state index contributed by atoms with van der Waals surface area (Å²) < 4.78 is 0. The van der Waals surface area contributed by atoms with Crippen molar-refractivity contribution in [1.29, 1.82) is 0 Å². The standard InChI is InChI=1S/C31H38/c1-3-5-7-8-9-11-27-12-14-28(15-13-27)16-17-29-20-24-31(25-21-29)30-22-18-26(19-23-30)10-6-4-2/h12-15,20-21,24-26,30H,3-8,10,18-19,22-23H2,1-2H3/t26-,30-. The fourth-order valence-corrected chi connectivity index (χ4v) is 4.53. The molecule has 0 unspecified atom stereocenters. The van der Waals surface area contributed by atoms with Gasteiger partial charge >= 0.3 is 0 Å². The fraction of sp³-hybridized carbons (Fsp3) is 0.484. The lowest BCUT2D eigenvalue weighted by Gasteiger charge is -2.28. The van der Waals surface area contributed by atoms with Gasteiger partial charge in [-0.3, -0.25) is 0 Å². The lowest BCUT2D eigenvalue weighted by Crippen LogP contribution is -2.13. The number of unbranched alkanes of at least 4 members (excludes halogenated alkanes) is 4. The third-order valence-electron chi connectivity index (χ3n) is 6.57. The Morgan fingerprint density at radius 2 is 1.19 bits per heavy atom. The first kappa shape index (κ1) is 23.2. The number of hydrogen-bond acceptors (Lipinski definition) is 0. The Balaban J connectivity index is 1.50. The summed E-state index contributed by atoms with van der Waals surface area (Å²) in [5.41, 5.74) is 4.73. The van der Waals surface area contributed by atoms with Crippen LogP contribution in [0.2, 0.25) is 0 Å². The Hall–Kier alpha value is -2.44. The van der Waals surface area contributed by atoms with Crippen molar-refractivity contribution in [2.75, 3.05) is 0 Å². The van der Waals surface area contributed by atoms with Crippen LogP contribution >= 0.6 is 0 Å². The maximum Gasteiger partial charge on any atom is 0.0249 e. The fourth-order valence-electron chi connectivity index (χ4n) is 4.53. The molecule has 31 heavy (non-hydrogen) atoms. The molecule has 0 heteroatoms. The summed E-state index contributed by atoms with van der Waals surface area (Å²) in [5, 5.41) is 0. The summed E-state index contributed by atoms with van der Waals surface area (Å²) in [5.74, 6) is 14.9. The summed E-state index contributed by atoms with van der Waals surface area (Å²) in [6.07, 6.45) is 14.4. The Morgan fingerprint density at radius 3 is 1.77 bits per heavy atom. The molecule has 0 aliphatic heterocycles. The van der Waals surface area contributed by atoms with E-state index in [-0.39, 0.29) is 0 Å². The minimum absolute atomic E-state index is 0.746. The molecule has 1 aliphatic rings. The van der Waals surface area contributed by atoms with E-state index in [9.17, 15) is 0 Å². The zero-order chi connectivity index (χ0) is 21.7. The van der Waals surface area contributed by atoms with E-state index in [1.165, 1.54) is 69.8 Å². The summed E-state index contributed by atoms with van der Waals surface area (Å²) in [6, 6.07) is 17.3. The molecule has 0 radical (unpaired) electrons. The SMILES string of the molecule is CCCCCC#Cc1ccc(C#Cc2ccc([C@H]3CC[C@H](CCCC)CC3)cc2)cc1. The van der Waals surface area contributed by atoms with Crippen LogP contribution in [0, 0.1) is 29.6 Å². The second kappa shape index (κ2) is 13.1. The molecule has 0 amide bonds. The third kappa shape index (κ3) is 7.96. The summed E-state index contributed by atoms with van der Waals surface area (Å²) >= 11 is 0. The lowest BCUT2D eigenvalue weighted by atomic mass is 9.77. The molecule has 3 rings (SSSR count). The molecule has 0 nitrogen and oxygen atoms in total. The van der Waals surface area contributed by atoms with Crippen molar-refractivity contribution in [2.45, 2.75) is 90.4 Å². The number of rotatable bonds is 7. The van der Waals surface area contributed by atoms with Crippen molar-refractivity contribution in [3.63, 3.8) is 0 Å². The van der Waals surface area contributed by atoms with Crippen LogP contribution in [0.3, 0.4) is 0 Å². The first-order valence-corrected chi connectivity index (χ1v) is 12.5. The molecule has 0 spiro atoms. The largest absolute Gasteiger partial charge is 0.0979 e. The smallest absolute Gasteiger partial charge is 0.0249 e. The van der Waals surface area contributed by atoms with Gasteiger partial charge in [0.25, 0.3) is 0 Å². The second-order valence-corrected chi connectivity index (χ2v) is 9.07. The monoisotopic (exact) mass is 410 g/mol. The molecule has 1 aliphatic carbocycles. The van der Waals surface area contributed by atoms with Crippen molar-refractivity contribution in [3.8, 4) is 23.7 Å². The molecule has 0 saturated heterocycles. The van der Waals surface area contributed by atoms with Crippen LogP contribution in [0.1, 0.15) is 113 Å². The van der Waals surface area contributed by atoms with Crippen LogP contribution in [-0.2, 0) is 0 Å². The van der Waals surface area contributed by atoms with Crippen molar-refractivity contribution < 1.29 is 0 Å². The minimum atomic E-state index is 0.746. The highest BCUT2D eigenvalue weighted by Gasteiger charge is 2.21. The molecule has 0 bridgehead atoms. The molecule has 2 aromatic carbocycles. The molecule has 0 N–H and O–H groups in total. The maximum absolute atomic E-state index is 3.32. The minimum Gasteiger partial charge on any atom is -0.0979 e. The summed E-state index contributed by atoms with van der Waals surface area (Å²) in [7, 11) is 0. The van der Waals surface area contributed by atoms with E-state index in [1.54, 1.807) is 0 Å².